The molecule has 1 unspecified atom stereocenters. The number of hydrogen-bond donors (Lipinski definition) is 2. The SMILES string of the molecule is CCNC(=NCc1ccc(OC)nc1)NCCCN1CCCCC1C. The smallest absolute Gasteiger partial charge is 0.212 e. The van der Waals surface area contributed by atoms with Crippen molar-refractivity contribution in [1.29, 1.82) is 0 Å². The summed E-state index contributed by atoms with van der Waals surface area (Å²) in [7, 11) is 1.62. The van der Waals surface area contributed by atoms with Gasteiger partial charge in [0.2, 0.25) is 5.88 Å². The molecule has 2 N–H and O–H groups in total. The second-order valence-electron chi connectivity index (χ2n) is 6.57. The van der Waals surface area contributed by atoms with E-state index in [0.717, 1.165) is 43.6 Å². The summed E-state index contributed by atoms with van der Waals surface area (Å²) in [5, 5.41) is 6.74. The van der Waals surface area contributed by atoms with Crippen molar-refractivity contribution in [2.45, 2.75) is 52.1 Å². The molecule has 2 rings (SSSR count). The Labute approximate surface area is 152 Å². The summed E-state index contributed by atoms with van der Waals surface area (Å²) in [4.78, 5) is 11.5. The number of nitrogens with zero attached hydrogens (tertiary/aromatic N) is 3. The lowest BCUT2D eigenvalue weighted by Crippen LogP contribution is -2.41. The monoisotopic (exact) mass is 347 g/mol. The van der Waals surface area contributed by atoms with Gasteiger partial charge in [0.1, 0.15) is 0 Å². The molecule has 0 aromatic carbocycles. The normalized spacial score (nSPS) is 18.8. The minimum atomic E-state index is 0.607. The Morgan fingerprint density at radius 2 is 2.24 bits per heavy atom. The van der Waals surface area contributed by atoms with Crippen molar-refractivity contribution in [2.24, 2.45) is 4.99 Å². The topological polar surface area (TPSA) is 61.8 Å². The van der Waals surface area contributed by atoms with Gasteiger partial charge in [0.05, 0.1) is 13.7 Å². The molecule has 0 aliphatic carbocycles. The van der Waals surface area contributed by atoms with Crippen LogP contribution in [0.3, 0.4) is 0 Å². The van der Waals surface area contributed by atoms with Gasteiger partial charge in [-0.1, -0.05) is 12.5 Å². The molecule has 1 aromatic rings. The minimum Gasteiger partial charge on any atom is -0.481 e. The van der Waals surface area contributed by atoms with E-state index in [9.17, 15) is 0 Å². The van der Waals surface area contributed by atoms with Crippen LogP contribution in [-0.2, 0) is 6.54 Å². The average molecular weight is 348 g/mol. The quantitative estimate of drug-likeness (QED) is 0.430. The van der Waals surface area contributed by atoms with Gasteiger partial charge in [0.15, 0.2) is 5.96 Å². The zero-order chi connectivity index (χ0) is 17.9. The Morgan fingerprint density at radius 3 is 2.92 bits per heavy atom. The predicted molar refractivity (Wildman–Crippen MR) is 103 cm³/mol. The van der Waals surface area contributed by atoms with E-state index >= 15 is 0 Å². The third-order valence-electron chi connectivity index (χ3n) is 4.63. The van der Waals surface area contributed by atoms with Crippen LogP contribution in [-0.4, -0.2) is 55.2 Å². The van der Waals surface area contributed by atoms with Crippen LogP contribution in [0.15, 0.2) is 23.3 Å². The van der Waals surface area contributed by atoms with Gasteiger partial charge in [0, 0.05) is 37.9 Å². The number of aromatic nitrogens is 1. The van der Waals surface area contributed by atoms with Crippen molar-refractivity contribution >= 4 is 5.96 Å². The molecule has 1 saturated heterocycles. The molecule has 6 nitrogen and oxygen atoms in total. The minimum absolute atomic E-state index is 0.607. The van der Waals surface area contributed by atoms with Crippen molar-refractivity contribution in [3.63, 3.8) is 0 Å². The number of hydrogen-bond acceptors (Lipinski definition) is 4. The highest BCUT2D eigenvalue weighted by Gasteiger charge is 2.17. The average Bonchev–Trinajstić information content (AvgIpc) is 2.65. The predicted octanol–water partition coefficient (Wildman–Crippen LogP) is 2.41. The van der Waals surface area contributed by atoms with E-state index in [4.69, 9.17) is 4.74 Å². The molecule has 25 heavy (non-hydrogen) atoms. The van der Waals surface area contributed by atoms with Crippen molar-refractivity contribution in [3.8, 4) is 5.88 Å². The molecule has 6 heteroatoms. The molecule has 0 amide bonds. The summed E-state index contributed by atoms with van der Waals surface area (Å²) in [6, 6.07) is 4.60. The maximum atomic E-state index is 5.08. The molecular weight excluding hydrogens is 314 g/mol. The lowest BCUT2D eigenvalue weighted by Gasteiger charge is -2.33. The number of nitrogens with one attached hydrogen (secondary N) is 2. The molecule has 140 valence electrons. The van der Waals surface area contributed by atoms with Crippen molar-refractivity contribution in [1.82, 2.24) is 20.5 Å². The van der Waals surface area contributed by atoms with Gasteiger partial charge >= 0.3 is 0 Å². The van der Waals surface area contributed by atoms with Crippen molar-refractivity contribution in [3.05, 3.63) is 23.9 Å². The maximum absolute atomic E-state index is 5.08. The molecule has 1 aliphatic heterocycles. The van der Waals surface area contributed by atoms with E-state index < -0.39 is 0 Å². The third kappa shape index (κ3) is 6.90. The van der Waals surface area contributed by atoms with Gasteiger partial charge in [-0.25, -0.2) is 9.98 Å². The van der Waals surface area contributed by atoms with E-state index in [1.54, 1.807) is 7.11 Å². The Bertz CT molecular complexity index is 517. The molecular formula is C19H33N5O. The van der Waals surface area contributed by atoms with Crippen LogP contribution in [0.5, 0.6) is 5.88 Å². The number of rotatable bonds is 8. The number of methoxy groups -OCH3 is 1. The van der Waals surface area contributed by atoms with Gasteiger partial charge in [-0.15, -0.1) is 0 Å². The Balaban J connectivity index is 1.74. The third-order valence-corrected chi connectivity index (χ3v) is 4.63. The van der Waals surface area contributed by atoms with E-state index in [1.165, 1.54) is 25.8 Å². The Hall–Kier alpha value is -1.82. The fraction of sp³-hybridized carbons (Fsp3) is 0.684. The number of piperidine rings is 1. The number of aliphatic imine (C=N–C) groups is 1. The van der Waals surface area contributed by atoms with E-state index in [0.29, 0.717) is 12.4 Å². The highest BCUT2D eigenvalue weighted by atomic mass is 16.5. The van der Waals surface area contributed by atoms with Crippen molar-refractivity contribution < 1.29 is 4.74 Å². The second kappa shape index (κ2) is 10.9. The lowest BCUT2D eigenvalue weighted by molar-refractivity contribution is 0.159. The Morgan fingerprint density at radius 1 is 1.36 bits per heavy atom. The first-order chi connectivity index (χ1) is 12.2. The fourth-order valence-electron chi connectivity index (χ4n) is 3.12. The van der Waals surface area contributed by atoms with Gasteiger partial charge < -0.3 is 20.3 Å². The summed E-state index contributed by atoms with van der Waals surface area (Å²) in [6.07, 6.45) is 7.01. The van der Waals surface area contributed by atoms with Gasteiger partial charge in [-0.3, -0.25) is 0 Å². The first-order valence-electron chi connectivity index (χ1n) is 9.48. The zero-order valence-electron chi connectivity index (χ0n) is 15.9. The number of likely N-dealkylation sites (tertiary alicyclic amines) is 1. The standard InChI is InChI=1S/C19H33N5O/c1-4-20-19(23-15-17-9-10-18(25-3)22-14-17)21-11-7-13-24-12-6-5-8-16(24)2/h9-10,14,16H,4-8,11-13,15H2,1-3H3,(H2,20,21,23). The van der Waals surface area contributed by atoms with Crippen LogP contribution in [0.25, 0.3) is 0 Å². The summed E-state index contributed by atoms with van der Waals surface area (Å²) in [5.74, 6) is 1.50. The van der Waals surface area contributed by atoms with E-state index in [2.05, 4.69) is 39.4 Å². The first-order valence-corrected chi connectivity index (χ1v) is 9.48. The summed E-state index contributed by atoms with van der Waals surface area (Å²) < 4.78 is 5.08. The van der Waals surface area contributed by atoms with Crippen molar-refractivity contribution in [2.75, 3.05) is 33.3 Å². The summed E-state index contributed by atoms with van der Waals surface area (Å²) in [6.45, 7) is 9.25. The molecule has 1 atom stereocenters. The van der Waals surface area contributed by atoms with Crippen LogP contribution in [0, 0.1) is 0 Å². The van der Waals surface area contributed by atoms with E-state index in [1.807, 2.05) is 18.3 Å². The van der Waals surface area contributed by atoms with Crippen LogP contribution < -0.4 is 15.4 Å². The Kier molecular flexibility index (Phi) is 8.52. The molecule has 0 spiro atoms. The summed E-state index contributed by atoms with van der Waals surface area (Å²) >= 11 is 0. The highest BCUT2D eigenvalue weighted by Crippen LogP contribution is 2.16. The van der Waals surface area contributed by atoms with Crippen LogP contribution in [0.1, 0.15) is 45.1 Å². The molecule has 1 aromatic heterocycles. The van der Waals surface area contributed by atoms with Gasteiger partial charge in [-0.2, -0.15) is 0 Å². The molecule has 0 bridgehead atoms. The number of pyridine rings is 1. The molecule has 2 heterocycles. The molecule has 1 aliphatic rings. The van der Waals surface area contributed by atoms with Crippen LogP contribution >= 0.6 is 0 Å². The number of ether oxygens (including phenoxy) is 1. The zero-order valence-corrected chi connectivity index (χ0v) is 15.9. The number of guanidine groups is 1. The van der Waals surface area contributed by atoms with E-state index in [-0.39, 0.29) is 0 Å². The van der Waals surface area contributed by atoms with Crippen LogP contribution in [0.2, 0.25) is 0 Å². The lowest BCUT2D eigenvalue weighted by atomic mass is 10.0. The highest BCUT2D eigenvalue weighted by molar-refractivity contribution is 5.79. The second-order valence-corrected chi connectivity index (χ2v) is 6.57. The van der Waals surface area contributed by atoms with Gasteiger partial charge in [0.25, 0.3) is 0 Å². The maximum Gasteiger partial charge on any atom is 0.212 e. The first kappa shape index (κ1) is 19.5. The molecule has 0 saturated carbocycles. The fourth-order valence-corrected chi connectivity index (χ4v) is 3.12. The molecule has 0 radical (unpaired) electrons. The molecule has 1 fully saturated rings. The largest absolute Gasteiger partial charge is 0.481 e. The summed E-state index contributed by atoms with van der Waals surface area (Å²) in [5.41, 5.74) is 1.07. The van der Waals surface area contributed by atoms with Crippen LogP contribution in [0.4, 0.5) is 0 Å². The van der Waals surface area contributed by atoms with Gasteiger partial charge in [-0.05, 0) is 45.2 Å².